The number of benzene rings is 2. The van der Waals surface area contributed by atoms with Gasteiger partial charge in [0.25, 0.3) is 5.91 Å². The molecule has 1 amide bonds. The van der Waals surface area contributed by atoms with Gasteiger partial charge in [-0.1, -0.05) is 6.07 Å². The first-order valence-corrected chi connectivity index (χ1v) is 11.5. The van der Waals surface area contributed by atoms with E-state index in [1.807, 2.05) is 11.0 Å². The second-order valence-electron chi connectivity index (χ2n) is 9.09. The van der Waals surface area contributed by atoms with E-state index in [2.05, 4.69) is 48.1 Å². The van der Waals surface area contributed by atoms with E-state index in [1.54, 1.807) is 19.2 Å². The monoisotopic (exact) mass is 450 g/mol. The molecule has 33 heavy (non-hydrogen) atoms. The fourth-order valence-corrected chi connectivity index (χ4v) is 5.34. The molecule has 3 atom stereocenters. The first kappa shape index (κ1) is 21.9. The lowest BCUT2D eigenvalue weighted by atomic mass is 9.96. The molecule has 0 N–H and O–H groups in total. The summed E-state index contributed by atoms with van der Waals surface area (Å²) in [5.41, 5.74) is 5.68. The van der Waals surface area contributed by atoms with Gasteiger partial charge in [-0.2, -0.15) is 0 Å². The Kier molecular flexibility index (Phi) is 5.80. The minimum Gasteiger partial charge on any atom is -0.491 e. The van der Waals surface area contributed by atoms with Crippen LogP contribution >= 0.6 is 0 Å². The molecular formula is C25H30N4O4. The second kappa shape index (κ2) is 8.76. The molecule has 3 heterocycles. The third kappa shape index (κ3) is 3.87. The summed E-state index contributed by atoms with van der Waals surface area (Å²) in [6.07, 6.45) is 1.01. The Balaban J connectivity index is 1.28. The van der Waals surface area contributed by atoms with Crippen LogP contribution in [0, 0.1) is 13.8 Å². The maximum Gasteiger partial charge on any atom is 0.254 e. The van der Waals surface area contributed by atoms with Crippen molar-refractivity contribution in [1.29, 1.82) is 0 Å². The molecule has 1 aromatic heterocycles. The Morgan fingerprint density at radius 3 is 2.67 bits per heavy atom. The van der Waals surface area contributed by atoms with Crippen LogP contribution in [0.5, 0.6) is 5.75 Å². The molecule has 2 aliphatic rings. The van der Waals surface area contributed by atoms with Crippen molar-refractivity contribution in [3.05, 3.63) is 52.6 Å². The zero-order chi connectivity index (χ0) is 23.1. The van der Waals surface area contributed by atoms with Gasteiger partial charge in [-0.25, -0.2) is 4.63 Å². The van der Waals surface area contributed by atoms with E-state index >= 15 is 0 Å². The highest BCUT2D eigenvalue weighted by molar-refractivity contribution is 5.97. The number of ether oxygens (including phenoxy) is 2. The van der Waals surface area contributed by atoms with Crippen LogP contribution in [0.4, 0.5) is 0 Å². The summed E-state index contributed by atoms with van der Waals surface area (Å²) in [4.78, 5) is 17.8. The Hall–Kier alpha value is -2.97. The SMILES string of the molecule is COCCOc1ccc([C@H](C)N2C[C@H]3C[C@@H]2CN3C(=O)c2ccc3nonc3c2)c(C)c1C. The number of carbonyl (C=O) groups excluding carboxylic acids is 1. The number of piperazine rings is 1. The molecule has 0 aliphatic carbocycles. The van der Waals surface area contributed by atoms with E-state index < -0.39 is 0 Å². The van der Waals surface area contributed by atoms with Crippen molar-refractivity contribution in [3.63, 3.8) is 0 Å². The van der Waals surface area contributed by atoms with Gasteiger partial charge >= 0.3 is 0 Å². The number of hydrogen-bond donors (Lipinski definition) is 0. The average Bonchev–Trinajstić information content (AvgIpc) is 3.56. The van der Waals surface area contributed by atoms with Crippen LogP contribution in [-0.4, -0.2) is 71.5 Å². The van der Waals surface area contributed by atoms with Crippen LogP contribution in [0.25, 0.3) is 11.0 Å². The van der Waals surface area contributed by atoms with Crippen molar-refractivity contribution in [2.24, 2.45) is 0 Å². The van der Waals surface area contributed by atoms with E-state index in [4.69, 9.17) is 14.1 Å². The number of hydrogen-bond acceptors (Lipinski definition) is 7. The molecule has 2 aliphatic heterocycles. The highest BCUT2D eigenvalue weighted by atomic mass is 16.6. The summed E-state index contributed by atoms with van der Waals surface area (Å²) >= 11 is 0. The van der Waals surface area contributed by atoms with E-state index in [1.165, 1.54) is 16.7 Å². The molecule has 5 rings (SSSR count). The van der Waals surface area contributed by atoms with Crippen LogP contribution < -0.4 is 4.74 Å². The van der Waals surface area contributed by atoms with Crippen LogP contribution in [0.2, 0.25) is 0 Å². The molecule has 0 unspecified atom stereocenters. The number of rotatable bonds is 7. The zero-order valence-electron chi connectivity index (χ0n) is 19.6. The fourth-order valence-electron chi connectivity index (χ4n) is 5.34. The number of amides is 1. The largest absolute Gasteiger partial charge is 0.491 e. The number of carbonyl (C=O) groups is 1. The predicted octanol–water partition coefficient (Wildman–Crippen LogP) is 3.52. The zero-order valence-corrected chi connectivity index (χ0v) is 19.6. The Morgan fingerprint density at radius 1 is 1.09 bits per heavy atom. The Labute approximate surface area is 193 Å². The van der Waals surface area contributed by atoms with Gasteiger partial charge < -0.3 is 14.4 Å². The summed E-state index contributed by atoms with van der Waals surface area (Å²) in [7, 11) is 1.68. The van der Waals surface area contributed by atoms with E-state index in [0.717, 1.165) is 25.3 Å². The number of methoxy groups -OCH3 is 1. The summed E-state index contributed by atoms with van der Waals surface area (Å²) in [6.45, 7) is 9.31. The second-order valence-corrected chi connectivity index (χ2v) is 9.09. The minimum atomic E-state index is 0.0595. The van der Waals surface area contributed by atoms with Gasteiger partial charge in [0.1, 0.15) is 23.4 Å². The summed E-state index contributed by atoms with van der Waals surface area (Å²) in [5, 5.41) is 7.69. The normalized spacial score (nSPS) is 21.2. The molecule has 2 fully saturated rings. The molecule has 8 heteroatoms. The van der Waals surface area contributed by atoms with Gasteiger partial charge in [-0.15, -0.1) is 0 Å². The van der Waals surface area contributed by atoms with Gasteiger partial charge in [0.15, 0.2) is 0 Å². The molecular weight excluding hydrogens is 420 g/mol. The maximum absolute atomic E-state index is 13.2. The number of nitrogens with zero attached hydrogens (tertiary/aromatic N) is 4. The van der Waals surface area contributed by atoms with Gasteiger partial charge in [0.05, 0.1) is 6.61 Å². The van der Waals surface area contributed by atoms with Crippen LogP contribution in [-0.2, 0) is 4.74 Å². The molecule has 174 valence electrons. The lowest BCUT2D eigenvalue weighted by molar-refractivity contribution is 0.0569. The lowest BCUT2D eigenvalue weighted by Gasteiger charge is -2.38. The van der Waals surface area contributed by atoms with Crippen molar-refractivity contribution >= 4 is 16.9 Å². The van der Waals surface area contributed by atoms with Gasteiger partial charge in [0, 0.05) is 43.9 Å². The molecule has 2 saturated heterocycles. The topological polar surface area (TPSA) is 80.9 Å². The maximum atomic E-state index is 13.2. The number of aromatic nitrogens is 2. The summed E-state index contributed by atoms with van der Waals surface area (Å²) < 4.78 is 15.7. The first-order valence-electron chi connectivity index (χ1n) is 11.5. The Bertz CT molecular complexity index is 1180. The van der Waals surface area contributed by atoms with Crippen LogP contribution in [0.3, 0.4) is 0 Å². The molecule has 0 spiro atoms. The van der Waals surface area contributed by atoms with Crippen molar-refractivity contribution in [3.8, 4) is 5.75 Å². The number of fused-ring (bicyclic) bond motifs is 3. The van der Waals surface area contributed by atoms with Gasteiger partial charge in [-0.05, 0) is 78.5 Å². The highest BCUT2D eigenvalue weighted by Gasteiger charge is 2.47. The molecule has 2 bridgehead atoms. The Morgan fingerprint density at radius 2 is 1.91 bits per heavy atom. The van der Waals surface area contributed by atoms with Crippen molar-refractivity contribution in [2.45, 2.75) is 45.3 Å². The first-order chi connectivity index (χ1) is 16.0. The minimum absolute atomic E-state index is 0.0595. The van der Waals surface area contributed by atoms with Crippen LogP contribution in [0.15, 0.2) is 35.0 Å². The summed E-state index contributed by atoms with van der Waals surface area (Å²) in [6, 6.07) is 10.5. The third-order valence-electron chi connectivity index (χ3n) is 7.32. The molecule has 0 radical (unpaired) electrons. The van der Waals surface area contributed by atoms with Crippen molar-refractivity contribution in [2.75, 3.05) is 33.4 Å². The van der Waals surface area contributed by atoms with Crippen molar-refractivity contribution in [1.82, 2.24) is 20.1 Å². The quantitative estimate of drug-likeness (QED) is 0.510. The van der Waals surface area contributed by atoms with E-state index in [9.17, 15) is 4.79 Å². The van der Waals surface area contributed by atoms with E-state index in [0.29, 0.717) is 35.9 Å². The van der Waals surface area contributed by atoms with Gasteiger partial charge in [-0.3, -0.25) is 9.69 Å². The van der Waals surface area contributed by atoms with Crippen molar-refractivity contribution < 1.29 is 18.9 Å². The summed E-state index contributed by atoms with van der Waals surface area (Å²) in [5.74, 6) is 0.976. The standard InChI is InChI=1S/C25H30N4O4/c1-15-16(2)24(32-10-9-31-4)8-6-21(15)17(3)28-13-20-12-19(28)14-29(20)25(30)18-5-7-22-23(11-18)27-33-26-22/h5-8,11,17,19-20H,9-10,12-14H2,1-4H3/t17-,19+,20+/m0/s1. The average molecular weight is 451 g/mol. The smallest absolute Gasteiger partial charge is 0.254 e. The van der Waals surface area contributed by atoms with Gasteiger partial charge in [0.2, 0.25) is 0 Å². The highest BCUT2D eigenvalue weighted by Crippen LogP contribution is 2.39. The molecule has 0 saturated carbocycles. The molecule has 2 aromatic carbocycles. The third-order valence-corrected chi connectivity index (χ3v) is 7.32. The lowest BCUT2D eigenvalue weighted by Crippen LogP contribution is -2.49. The van der Waals surface area contributed by atoms with E-state index in [-0.39, 0.29) is 18.0 Å². The molecule has 8 nitrogen and oxygen atoms in total. The molecule has 3 aromatic rings. The predicted molar refractivity (Wildman–Crippen MR) is 123 cm³/mol. The van der Waals surface area contributed by atoms with Crippen LogP contribution in [0.1, 0.15) is 46.4 Å². The fraction of sp³-hybridized carbons (Fsp3) is 0.480. The number of likely N-dealkylation sites (tertiary alicyclic amines) is 2.